The number of pyridine rings is 1. The minimum absolute atomic E-state index is 0.562. The lowest BCUT2D eigenvalue weighted by Gasteiger charge is -2.18. The number of nitrogens with zero attached hydrogens (tertiary/aromatic N) is 6. The summed E-state index contributed by atoms with van der Waals surface area (Å²) in [5.74, 6) is 0. The van der Waals surface area contributed by atoms with Crippen LogP contribution in [0.2, 0.25) is 0 Å². The van der Waals surface area contributed by atoms with Crippen molar-refractivity contribution in [2.24, 2.45) is 0 Å². The lowest BCUT2D eigenvalue weighted by Crippen LogP contribution is -2.02. The largest absolute Gasteiger partial charge is 0.309 e. The minimum Gasteiger partial charge on any atom is -0.309 e. The molecule has 10 aromatic rings. The molecule has 0 amide bonds. The maximum absolute atomic E-state index is 10.2. The van der Waals surface area contributed by atoms with E-state index in [9.17, 15) is 10.5 Å². The van der Waals surface area contributed by atoms with E-state index in [4.69, 9.17) is 6.57 Å². The Morgan fingerprint density at radius 1 is 0.464 bits per heavy atom. The summed E-state index contributed by atoms with van der Waals surface area (Å²) in [6, 6.07) is 57.9. The molecule has 10 rings (SSSR count). The predicted molar refractivity (Wildman–Crippen MR) is 225 cm³/mol. The number of benzene rings is 7. The van der Waals surface area contributed by atoms with Gasteiger partial charge in [-0.1, -0.05) is 84.9 Å². The van der Waals surface area contributed by atoms with Crippen molar-refractivity contribution in [2.45, 2.75) is 0 Å². The summed E-state index contributed by atoms with van der Waals surface area (Å²) in [7, 11) is 0. The molecule has 6 nitrogen and oxygen atoms in total. The second-order valence-corrected chi connectivity index (χ2v) is 13.8. The highest BCUT2D eigenvalue weighted by Gasteiger charge is 2.21. The second kappa shape index (κ2) is 13.0. The van der Waals surface area contributed by atoms with Gasteiger partial charge in [-0.25, -0.2) is 4.85 Å². The SMILES string of the molecule is [C-]#[N+]c1ccc(-c2ccc3c(c2)c2ccccc2n3-c2ccc(C#N)cc2-c2ccncc2-n2c3ccccc3c3cc(-c4ccc(C#N)cc4)ccc32)cc1. The van der Waals surface area contributed by atoms with Gasteiger partial charge in [-0.15, -0.1) is 0 Å². The molecule has 0 spiro atoms. The lowest BCUT2D eigenvalue weighted by molar-refractivity contribution is 1.13. The number of fused-ring (bicyclic) bond motifs is 6. The summed E-state index contributed by atoms with van der Waals surface area (Å²) in [5.41, 5.74) is 13.9. The fourth-order valence-electron chi connectivity index (χ4n) is 8.10. The van der Waals surface area contributed by atoms with E-state index >= 15 is 0 Å². The topological polar surface area (TPSA) is 74.7 Å². The molecule has 0 aliphatic rings. The zero-order valence-corrected chi connectivity index (χ0v) is 29.8. The fraction of sp³-hybridized carbons (Fsp3) is 0. The van der Waals surface area contributed by atoms with Gasteiger partial charge < -0.3 is 9.13 Å². The first-order valence-corrected chi connectivity index (χ1v) is 18.2. The molecule has 0 bridgehead atoms. The van der Waals surface area contributed by atoms with Crippen LogP contribution in [0, 0.1) is 29.2 Å². The Labute approximate surface area is 322 Å². The van der Waals surface area contributed by atoms with Crippen molar-refractivity contribution in [1.82, 2.24) is 14.1 Å². The molecule has 0 saturated carbocycles. The number of nitriles is 2. The highest BCUT2D eigenvalue weighted by atomic mass is 15.0. The average molecular weight is 713 g/mol. The molecule has 3 aromatic heterocycles. The van der Waals surface area contributed by atoms with Gasteiger partial charge in [-0.2, -0.15) is 10.5 Å². The van der Waals surface area contributed by atoms with Gasteiger partial charge in [0.05, 0.1) is 69.5 Å². The molecular formula is C50H28N6. The van der Waals surface area contributed by atoms with E-state index in [1.807, 2.05) is 79.1 Å². The zero-order valence-electron chi connectivity index (χ0n) is 29.8. The van der Waals surface area contributed by atoms with Gasteiger partial charge in [-0.3, -0.25) is 4.98 Å². The van der Waals surface area contributed by atoms with E-state index in [0.29, 0.717) is 16.8 Å². The molecule has 0 aliphatic heterocycles. The summed E-state index contributed by atoms with van der Waals surface area (Å²) in [6.45, 7) is 7.37. The van der Waals surface area contributed by atoms with Crippen molar-refractivity contribution in [3.63, 3.8) is 0 Å². The summed E-state index contributed by atoms with van der Waals surface area (Å²) in [6.07, 6.45) is 3.73. The quantitative estimate of drug-likeness (QED) is 0.167. The minimum atomic E-state index is 0.562. The monoisotopic (exact) mass is 712 g/mol. The number of para-hydroxylation sites is 2. The van der Waals surface area contributed by atoms with Crippen LogP contribution in [0.15, 0.2) is 170 Å². The third kappa shape index (κ3) is 5.12. The van der Waals surface area contributed by atoms with Gasteiger partial charge in [0.1, 0.15) is 0 Å². The van der Waals surface area contributed by atoms with Crippen LogP contribution in [-0.4, -0.2) is 14.1 Å². The van der Waals surface area contributed by atoms with Gasteiger partial charge in [0.25, 0.3) is 0 Å². The maximum Gasteiger partial charge on any atom is 0.187 e. The Bertz CT molecular complexity index is 3330. The maximum atomic E-state index is 10.2. The summed E-state index contributed by atoms with van der Waals surface area (Å²) in [5, 5.41) is 24.0. The molecule has 0 fully saturated rings. The standard InChI is InChI=1S/C50H28N6/c1-53-38-19-15-35(16-20-38)37-17-22-48-43(28-37)39-6-2-4-8-45(39)55(48)47-21-12-33(30-52)26-42(47)41-24-25-54-31-50(41)56-46-9-5-3-7-40(46)44-27-36(18-23-49(44)56)34-13-10-32(29-51)11-14-34/h2-28,31H. The fourth-order valence-corrected chi connectivity index (χ4v) is 8.10. The number of rotatable bonds is 5. The van der Waals surface area contributed by atoms with Crippen LogP contribution in [0.3, 0.4) is 0 Å². The van der Waals surface area contributed by atoms with Crippen LogP contribution in [-0.2, 0) is 0 Å². The van der Waals surface area contributed by atoms with Gasteiger partial charge >= 0.3 is 0 Å². The molecule has 0 radical (unpaired) electrons. The third-order valence-electron chi connectivity index (χ3n) is 10.7. The molecule has 0 saturated heterocycles. The third-order valence-corrected chi connectivity index (χ3v) is 10.7. The Hall–Kier alpha value is -8.24. The van der Waals surface area contributed by atoms with Crippen molar-refractivity contribution in [3.8, 4) is 56.9 Å². The smallest absolute Gasteiger partial charge is 0.187 e. The van der Waals surface area contributed by atoms with E-state index in [1.165, 1.54) is 0 Å². The molecule has 7 aromatic carbocycles. The number of hydrogen-bond acceptors (Lipinski definition) is 3. The second-order valence-electron chi connectivity index (χ2n) is 13.8. The first-order chi connectivity index (χ1) is 27.6. The van der Waals surface area contributed by atoms with E-state index in [0.717, 1.165) is 88.4 Å². The predicted octanol–water partition coefficient (Wildman–Crippen LogP) is 12.6. The van der Waals surface area contributed by atoms with Gasteiger partial charge in [-0.05, 0) is 95.1 Å². The van der Waals surface area contributed by atoms with E-state index in [-0.39, 0.29) is 0 Å². The first kappa shape index (κ1) is 32.4. The number of aromatic nitrogens is 3. The summed E-state index contributed by atoms with van der Waals surface area (Å²) < 4.78 is 4.57. The molecule has 258 valence electrons. The van der Waals surface area contributed by atoms with Crippen molar-refractivity contribution in [1.29, 1.82) is 10.5 Å². The van der Waals surface area contributed by atoms with Crippen LogP contribution in [0.1, 0.15) is 11.1 Å². The van der Waals surface area contributed by atoms with Crippen molar-refractivity contribution >= 4 is 49.3 Å². The molecule has 56 heavy (non-hydrogen) atoms. The van der Waals surface area contributed by atoms with Gasteiger partial charge in [0.15, 0.2) is 5.69 Å². The molecule has 0 aliphatic carbocycles. The molecule has 0 N–H and O–H groups in total. The normalized spacial score (nSPS) is 11.2. The Morgan fingerprint density at radius 3 is 1.57 bits per heavy atom. The van der Waals surface area contributed by atoms with Gasteiger partial charge in [0, 0.05) is 38.9 Å². The first-order valence-electron chi connectivity index (χ1n) is 18.2. The van der Waals surface area contributed by atoms with Crippen molar-refractivity contribution < 1.29 is 0 Å². The summed E-state index contributed by atoms with van der Waals surface area (Å²) >= 11 is 0. The van der Waals surface area contributed by atoms with E-state index < -0.39 is 0 Å². The van der Waals surface area contributed by atoms with Crippen molar-refractivity contribution in [2.75, 3.05) is 0 Å². The summed E-state index contributed by atoms with van der Waals surface area (Å²) in [4.78, 5) is 8.23. The Kier molecular flexibility index (Phi) is 7.53. The molecule has 0 atom stereocenters. The van der Waals surface area contributed by atoms with E-state index in [2.05, 4.69) is 122 Å². The highest BCUT2D eigenvalue weighted by Crippen LogP contribution is 2.42. The Balaban J connectivity index is 1.20. The lowest BCUT2D eigenvalue weighted by atomic mass is 9.99. The van der Waals surface area contributed by atoms with Gasteiger partial charge in [0.2, 0.25) is 0 Å². The van der Waals surface area contributed by atoms with E-state index in [1.54, 1.807) is 0 Å². The molecule has 0 unspecified atom stereocenters. The molecule has 3 heterocycles. The van der Waals surface area contributed by atoms with Crippen LogP contribution < -0.4 is 0 Å². The zero-order chi connectivity index (χ0) is 37.8. The highest BCUT2D eigenvalue weighted by molar-refractivity contribution is 6.12. The average Bonchev–Trinajstić information content (AvgIpc) is 3.78. The van der Waals surface area contributed by atoms with Crippen molar-refractivity contribution in [3.05, 3.63) is 193 Å². The van der Waals surface area contributed by atoms with Crippen LogP contribution in [0.4, 0.5) is 5.69 Å². The Morgan fingerprint density at radius 2 is 0.982 bits per heavy atom. The number of hydrogen-bond donors (Lipinski definition) is 0. The van der Waals surface area contributed by atoms with Crippen LogP contribution in [0.25, 0.3) is 93.2 Å². The van der Waals surface area contributed by atoms with Crippen LogP contribution >= 0.6 is 0 Å². The molecular weight excluding hydrogens is 685 g/mol. The van der Waals surface area contributed by atoms with Crippen LogP contribution in [0.5, 0.6) is 0 Å². The molecule has 6 heteroatoms.